The Hall–Kier alpha value is -8.31. The molecule has 17 heteroatoms. The Labute approximate surface area is 459 Å². The molecule has 6 rings (SSSR count). The van der Waals surface area contributed by atoms with Gasteiger partial charge in [0.05, 0.1) is 39.7 Å². The lowest BCUT2D eigenvalue weighted by Gasteiger charge is -2.34. The Balaban J connectivity index is 1.22. The van der Waals surface area contributed by atoms with Crippen molar-refractivity contribution in [3.63, 3.8) is 0 Å². The van der Waals surface area contributed by atoms with Crippen LogP contribution in [-0.4, -0.2) is 75.7 Å². The average Bonchev–Trinajstić information content (AvgIpc) is 3.81. The molecule has 0 aliphatic rings. The van der Waals surface area contributed by atoms with Gasteiger partial charge < -0.3 is 38.0 Å². The second kappa shape index (κ2) is 24.8. The number of ether oxygens (including phenoxy) is 7. The maximum Gasteiger partial charge on any atom is 0.365 e. The summed E-state index contributed by atoms with van der Waals surface area (Å²) in [5.74, 6) is -1.37. The van der Waals surface area contributed by atoms with Gasteiger partial charge in [-0.3, -0.25) is 0 Å². The van der Waals surface area contributed by atoms with Crippen molar-refractivity contribution < 1.29 is 62.0 Å². The van der Waals surface area contributed by atoms with Crippen molar-refractivity contribution in [2.24, 2.45) is 5.10 Å². The summed E-state index contributed by atoms with van der Waals surface area (Å²) in [6.45, 7) is 27.3. The van der Waals surface area contributed by atoms with Crippen molar-refractivity contribution in [3.8, 4) is 23.0 Å². The monoisotopic (exact) mass is 1080 g/mol. The number of fused-ring (bicyclic) bond motifs is 1. The minimum absolute atomic E-state index is 0.0127. The Morgan fingerprint density at radius 3 is 1.58 bits per heavy atom. The standard InChI is InChI=1S/C61H67N3O13S/c1-14-51(65)75-60(10,11)38-58(6,7)73-46-29-21-41(22-30-46)53(67)70-35-34-40-20-33-49(71-54(68)42-23-27-45(28-24-42)72-57(3,4)5)44(36-40)37-62-64(56-63-48-18-16-17-19-50(48)78-56)77-55(69)43-25-31-47(32-26-43)74-59(8,9)39-61(12,13)76-52(66)15-2/h14-33,36-37H,1-2,34-35,38-39H2,3-13H3/b62-37+. The number of thiazole rings is 1. The molecule has 0 saturated heterocycles. The molecule has 1 aromatic heterocycles. The minimum atomic E-state index is -0.854. The largest absolute Gasteiger partial charge is 0.488 e. The van der Waals surface area contributed by atoms with Crippen LogP contribution in [0.25, 0.3) is 10.2 Å². The van der Waals surface area contributed by atoms with E-state index in [1.165, 1.54) is 17.6 Å². The number of rotatable bonds is 24. The first kappa shape index (κ1) is 58.9. The normalized spacial score (nSPS) is 12.0. The summed E-state index contributed by atoms with van der Waals surface area (Å²) < 4.78 is 41.9. The van der Waals surface area contributed by atoms with Crippen LogP contribution in [-0.2, 0) is 35.1 Å². The summed E-state index contributed by atoms with van der Waals surface area (Å²) in [5.41, 5.74) is -1.26. The molecular weight excluding hydrogens is 1010 g/mol. The van der Waals surface area contributed by atoms with Crippen LogP contribution in [0.2, 0.25) is 0 Å². The third kappa shape index (κ3) is 17.9. The highest BCUT2D eigenvalue weighted by Gasteiger charge is 2.35. The van der Waals surface area contributed by atoms with Gasteiger partial charge in [-0.1, -0.05) is 47.9 Å². The Kier molecular flexibility index (Phi) is 18.7. The number of benzene rings is 5. The molecule has 5 aromatic carbocycles. The van der Waals surface area contributed by atoms with Crippen LogP contribution in [0.15, 0.2) is 146 Å². The van der Waals surface area contributed by atoms with Crippen LogP contribution in [0.5, 0.6) is 23.0 Å². The topological polar surface area (TPSA) is 188 Å². The predicted molar refractivity (Wildman–Crippen MR) is 300 cm³/mol. The third-order valence-corrected chi connectivity index (χ3v) is 12.1. The molecule has 16 nitrogen and oxygen atoms in total. The minimum Gasteiger partial charge on any atom is -0.488 e. The van der Waals surface area contributed by atoms with Gasteiger partial charge in [-0.2, -0.15) is 0 Å². The SMILES string of the molecule is C=CC(=O)OC(C)(C)CC(C)(C)Oc1ccc(C(=O)OCCc2ccc(OC(=O)c3ccc(OC(C)(C)C)cc3)c(/C=N/N(OC(=O)c3ccc(OC(C)(C)CC(C)(C)OC(=O)C=C)cc3)c3nc4ccccc4s3)c2)cc1. The van der Waals surface area contributed by atoms with E-state index in [1.54, 1.807) is 119 Å². The molecule has 0 radical (unpaired) electrons. The van der Waals surface area contributed by atoms with E-state index in [0.717, 1.165) is 22.0 Å². The summed E-state index contributed by atoms with van der Waals surface area (Å²) in [6.07, 6.45) is 4.59. The predicted octanol–water partition coefficient (Wildman–Crippen LogP) is 12.8. The molecule has 0 N–H and O–H groups in total. The number of carbonyl (C=O) groups excluding carboxylic acids is 5. The van der Waals surface area contributed by atoms with E-state index in [0.29, 0.717) is 52.3 Å². The number of hydrogen-bond donors (Lipinski definition) is 0. The van der Waals surface area contributed by atoms with Crippen LogP contribution >= 0.6 is 11.3 Å². The van der Waals surface area contributed by atoms with Crippen molar-refractivity contribution in [1.82, 2.24) is 4.98 Å². The lowest BCUT2D eigenvalue weighted by atomic mass is 9.92. The average molecular weight is 1080 g/mol. The highest BCUT2D eigenvalue weighted by molar-refractivity contribution is 7.22. The maximum absolute atomic E-state index is 13.9. The molecule has 0 fully saturated rings. The highest BCUT2D eigenvalue weighted by Crippen LogP contribution is 2.33. The number of para-hydroxylation sites is 1. The molecule has 6 aromatic rings. The fourth-order valence-electron chi connectivity index (χ4n) is 8.54. The van der Waals surface area contributed by atoms with Crippen molar-refractivity contribution in [2.75, 3.05) is 11.8 Å². The zero-order chi connectivity index (χ0) is 57.1. The van der Waals surface area contributed by atoms with Crippen molar-refractivity contribution >= 4 is 62.7 Å². The van der Waals surface area contributed by atoms with E-state index < -0.39 is 57.9 Å². The molecule has 410 valence electrons. The number of anilines is 1. The van der Waals surface area contributed by atoms with Gasteiger partial charge in [-0.15, -0.1) is 5.10 Å². The van der Waals surface area contributed by atoms with Gasteiger partial charge in [0.2, 0.25) is 5.13 Å². The number of carbonyl (C=O) groups is 5. The zero-order valence-corrected chi connectivity index (χ0v) is 46.8. The van der Waals surface area contributed by atoms with E-state index in [2.05, 4.69) is 18.3 Å². The first-order chi connectivity index (χ1) is 36.6. The van der Waals surface area contributed by atoms with Crippen LogP contribution in [0.4, 0.5) is 5.13 Å². The smallest absolute Gasteiger partial charge is 0.365 e. The number of esters is 4. The van der Waals surface area contributed by atoms with Gasteiger partial charge in [0.1, 0.15) is 51.0 Å². The van der Waals surface area contributed by atoms with Gasteiger partial charge in [0.25, 0.3) is 0 Å². The molecule has 0 bridgehead atoms. The van der Waals surface area contributed by atoms with E-state index in [1.807, 2.05) is 72.7 Å². The van der Waals surface area contributed by atoms with Gasteiger partial charge in [0, 0.05) is 37.0 Å². The fourth-order valence-corrected chi connectivity index (χ4v) is 9.41. The van der Waals surface area contributed by atoms with Crippen molar-refractivity contribution in [2.45, 2.75) is 123 Å². The number of hydrazone groups is 1. The van der Waals surface area contributed by atoms with Crippen LogP contribution in [0.1, 0.15) is 131 Å². The maximum atomic E-state index is 13.9. The third-order valence-electron chi connectivity index (χ3n) is 11.1. The fraction of sp³-hybridized carbons (Fsp3) is 0.328. The quantitative estimate of drug-likeness (QED) is 0.0139. The Bertz CT molecular complexity index is 3120. The first-order valence-electron chi connectivity index (χ1n) is 25.1. The van der Waals surface area contributed by atoms with Crippen LogP contribution in [0, 0.1) is 0 Å². The lowest BCUT2D eigenvalue weighted by Crippen LogP contribution is -2.40. The number of nitrogens with zero attached hydrogens (tertiary/aromatic N) is 3. The molecule has 0 amide bonds. The second-order valence-electron chi connectivity index (χ2n) is 21.6. The molecule has 1 heterocycles. The molecular formula is C61H67N3O13S. The molecule has 0 aliphatic heterocycles. The molecule has 0 atom stereocenters. The summed E-state index contributed by atoms with van der Waals surface area (Å²) in [6, 6.07) is 31.9. The number of aromatic nitrogens is 1. The van der Waals surface area contributed by atoms with Crippen molar-refractivity contribution in [3.05, 3.63) is 168 Å². The van der Waals surface area contributed by atoms with Gasteiger partial charge in [0.15, 0.2) is 0 Å². The molecule has 0 saturated carbocycles. The Morgan fingerprint density at radius 1 is 0.590 bits per heavy atom. The summed E-state index contributed by atoms with van der Waals surface area (Å²) in [4.78, 5) is 75.3. The van der Waals surface area contributed by atoms with Gasteiger partial charge in [-0.25, -0.2) is 29.0 Å². The molecule has 0 aliphatic carbocycles. The van der Waals surface area contributed by atoms with E-state index >= 15 is 0 Å². The van der Waals surface area contributed by atoms with Crippen LogP contribution in [0.3, 0.4) is 0 Å². The Morgan fingerprint density at radius 2 is 1.08 bits per heavy atom. The van der Waals surface area contributed by atoms with Gasteiger partial charge >= 0.3 is 29.8 Å². The lowest BCUT2D eigenvalue weighted by molar-refractivity contribution is -0.155. The van der Waals surface area contributed by atoms with E-state index in [-0.39, 0.29) is 35.0 Å². The van der Waals surface area contributed by atoms with Gasteiger partial charge in [-0.05, 0) is 179 Å². The molecule has 78 heavy (non-hydrogen) atoms. The number of hydrogen-bond acceptors (Lipinski definition) is 17. The highest BCUT2D eigenvalue weighted by atomic mass is 32.1. The summed E-state index contributed by atoms with van der Waals surface area (Å²) in [7, 11) is 0. The first-order valence-corrected chi connectivity index (χ1v) is 25.9. The molecule has 0 spiro atoms. The summed E-state index contributed by atoms with van der Waals surface area (Å²) >= 11 is 1.23. The van der Waals surface area contributed by atoms with Crippen LogP contribution < -0.4 is 24.1 Å². The van der Waals surface area contributed by atoms with E-state index in [9.17, 15) is 24.0 Å². The van der Waals surface area contributed by atoms with E-state index in [4.69, 9.17) is 43.0 Å². The van der Waals surface area contributed by atoms with Crippen molar-refractivity contribution in [1.29, 1.82) is 0 Å². The second-order valence-corrected chi connectivity index (χ2v) is 22.7. The molecule has 0 unspecified atom stereocenters. The summed E-state index contributed by atoms with van der Waals surface area (Å²) in [5, 5.41) is 5.83. The zero-order valence-electron chi connectivity index (χ0n) is 46.0.